The lowest BCUT2D eigenvalue weighted by Gasteiger charge is -2.31. The number of nitriles is 2. The number of aromatic nitrogens is 5. The van der Waals surface area contributed by atoms with Gasteiger partial charge in [0.05, 0.1) is 76.1 Å². The van der Waals surface area contributed by atoms with Gasteiger partial charge in [-0.05, 0) is 306 Å². The summed E-state index contributed by atoms with van der Waals surface area (Å²) in [6.07, 6.45) is 25.3. The average molecular weight is 1470 g/mol. The molecule has 0 unspecified atom stereocenters. The fourth-order valence-electron chi connectivity index (χ4n) is 14.2. The highest BCUT2D eigenvalue weighted by molar-refractivity contribution is 7.98. The summed E-state index contributed by atoms with van der Waals surface area (Å²) in [5.41, 5.74) is 12.7. The van der Waals surface area contributed by atoms with Crippen LogP contribution in [0.3, 0.4) is 0 Å². The quantitative estimate of drug-likeness (QED) is 0.0415. The number of likely N-dealkylation sites (tertiary alicyclic amines) is 2. The second-order valence-electron chi connectivity index (χ2n) is 29.8. The minimum atomic E-state index is 0. The molecule has 6 aliphatic rings. The van der Waals surface area contributed by atoms with Gasteiger partial charge >= 0.3 is 0 Å². The van der Waals surface area contributed by atoms with Gasteiger partial charge in [-0.25, -0.2) is 9.97 Å². The molecule has 3 aliphatic heterocycles. The largest absolute Gasteiger partial charge is 0.493 e. The Labute approximate surface area is 625 Å². The second-order valence-corrected chi connectivity index (χ2v) is 31.4. The van der Waals surface area contributed by atoms with Crippen LogP contribution in [-0.4, -0.2) is 164 Å². The third kappa shape index (κ3) is 21.7. The minimum absolute atomic E-state index is 0. The molecule has 23 heteroatoms. The molecule has 3 aliphatic carbocycles. The highest BCUT2D eigenvalue weighted by atomic mass is 35.5. The highest BCUT2D eigenvalue weighted by Gasteiger charge is 2.29. The zero-order valence-electron chi connectivity index (χ0n) is 61.3. The molecule has 3 saturated carbocycles. The molecule has 5 aromatic heterocycles. The number of hydrogen-bond acceptors (Lipinski definition) is 21. The molecule has 0 radical (unpaired) electrons. The number of rotatable bonds is 30. The molecule has 1 N–H and O–H groups in total. The van der Waals surface area contributed by atoms with Gasteiger partial charge in [0.25, 0.3) is 0 Å². The van der Waals surface area contributed by atoms with Crippen molar-refractivity contribution in [2.75, 3.05) is 114 Å². The Morgan fingerprint density at radius 3 is 1.07 bits per heavy atom. The van der Waals surface area contributed by atoms with Crippen molar-refractivity contribution in [1.82, 2.24) is 55.3 Å². The monoisotopic (exact) mass is 1470 g/mol. The fraction of sp³-hybridized carbons (Fsp3) is 0.582. The van der Waals surface area contributed by atoms with Crippen LogP contribution < -0.4 is 19.5 Å². The van der Waals surface area contributed by atoms with Gasteiger partial charge in [0.2, 0.25) is 0 Å². The molecule has 0 amide bonds. The summed E-state index contributed by atoms with van der Waals surface area (Å²) in [5, 5.41) is 40.4. The normalized spacial score (nSPS) is 17.1. The fourth-order valence-corrected chi connectivity index (χ4v) is 15.3. The molecule has 0 atom stereocenters. The number of thioether (sulfide) groups is 2. The molecule has 3 saturated heterocycles. The van der Waals surface area contributed by atoms with E-state index >= 15 is 0 Å². The third-order valence-corrected chi connectivity index (χ3v) is 22.1. The van der Waals surface area contributed by atoms with Gasteiger partial charge in [-0.3, -0.25) is 9.80 Å². The average Bonchev–Trinajstić information content (AvgIpc) is 1.64. The Bertz CT molecular complexity index is 3870. The topological polar surface area (TPSA) is 207 Å². The van der Waals surface area contributed by atoms with Crippen LogP contribution in [0.25, 0.3) is 32.9 Å². The van der Waals surface area contributed by atoms with Crippen molar-refractivity contribution in [3.05, 3.63) is 117 Å². The molecule has 102 heavy (non-hydrogen) atoms. The van der Waals surface area contributed by atoms with E-state index in [0.29, 0.717) is 34.8 Å². The van der Waals surface area contributed by atoms with Crippen molar-refractivity contribution in [1.29, 1.82) is 10.5 Å². The van der Waals surface area contributed by atoms with E-state index in [1.807, 2.05) is 36.8 Å². The maximum Gasteiger partial charge on any atom is 0.175 e. The van der Waals surface area contributed by atoms with Gasteiger partial charge in [-0.1, -0.05) is 15.5 Å². The van der Waals surface area contributed by atoms with E-state index in [4.69, 9.17) is 37.7 Å². The van der Waals surface area contributed by atoms with Crippen LogP contribution in [0.15, 0.2) is 84.3 Å². The summed E-state index contributed by atoms with van der Waals surface area (Å²) in [6.45, 7) is 13.1. The van der Waals surface area contributed by atoms with Crippen molar-refractivity contribution in [3.63, 3.8) is 0 Å². The maximum absolute atomic E-state index is 9.24. The number of aryl methyl sites for hydroxylation is 3. The van der Waals surface area contributed by atoms with Crippen LogP contribution in [-0.2, 0) is 52.0 Å². The standard InChI is InChI=1S/2C29H37N5O2S.C21H31N3O2.2ClH/c2*1-33(2)18-25-27(35-19-21-4-5-21)11-9-24-26(32-36-28(24)25)10-6-20-12-14-34(15-13-20)17-23-8-7-22(16-30)29(31-23)37-3;1-24(2)13-18-20(25-14-16-3-4-16)8-6-17-19(23-26-21(17)18)7-5-15-9-11-22-12-10-15;;/h2*7-9,11,20-21H,4-6,10,12-15,17-19H2,1-3H3;6,8,15-16,22H,3-5,7,9-14H2,1-2H3;2*1H. The van der Waals surface area contributed by atoms with Crippen LogP contribution in [0.5, 0.6) is 17.2 Å². The Morgan fingerprint density at radius 1 is 0.451 bits per heavy atom. The SMILES string of the molecule is CN(C)Cc1c(OCC2CC2)ccc2c(CCC3CCNCC3)noc12.CSc1nc(CN2CCC(CCc3noc4c(CN(C)C)c(OCC5CC5)ccc34)CC2)ccc1C#N.CSc1nc(CN2CCC(CCc3noc4c(CN(C)C)c(OCC5CC5)ccc34)CC2)ccc1C#N.Cl.Cl. The predicted molar refractivity (Wildman–Crippen MR) is 411 cm³/mol. The van der Waals surface area contributed by atoms with Crippen molar-refractivity contribution in [2.24, 2.45) is 35.5 Å². The van der Waals surface area contributed by atoms with Gasteiger partial charge in [-0.15, -0.1) is 48.3 Å². The molecule has 3 aromatic carbocycles. The number of fused-ring (bicyclic) bond motifs is 3. The lowest BCUT2D eigenvalue weighted by molar-refractivity contribution is 0.170. The summed E-state index contributed by atoms with van der Waals surface area (Å²) in [5.74, 6) is 7.20. The van der Waals surface area contributed by atoms with Crippen molar-refractivity contribution in [2.45, 2.75) is 158 Å². The molecular weight excluding hydrogens is 1360 g/mol. The van der Waals surface area contributed by atoms with Crippen LogP contribution in [0.4, 0.5) is 0 Å². The van der Waals surface area contributed by atoms with E-state index in [2.05, 4.69) is 136 Å². The summed E-state index contributed by atoms with van der Waals surface area (Å²) in [7, 11) is 12.5. The number of pyridine rings is 2. The van der Waals surface area contributed by atoms with Gasteiger partial charge in [0.1, 0.15) is 39.4 Å². The predicted octanol–water partition coefficient (Wildman–Crippen LogP) is 15.5. The molecule has 6 fully saturated rings. The summed E-state index contributed by atoms with van der Waals surface area (Å²) >= 11 is 3.08. The summed E-state index contributed by atoms with van der Waals surface area (Å²) in [4.78, 5) is 20.8. The van der Waals surface area contributed by atoms with Crippen LogP contribution in [0, 0.1) is 58.2 Å². The molecule has 0 spiro atoms. The number of nitrogens with zero attached hydrogens (tertiary/aromatic N) is 12. The molecule has 8 heterocycles. The number of benzene rings is 3. The highest BCUT2D eigenvalue weighted by Crippen LogP contribution is 2.40. The number of nitrogens with one attached hydrogen (secondary N) is 1. The molecule has 0 bridgehead atoms. The van der Waals surface area contributed by atoms with E-state index in [1.54, 1.807) is 0 Å². The van der Waals surface area contributed by atoms with E-state index in [9.17, 15) is 10.5 Å². The maximum atomic E-state index is 9.24. The number of halogens is 2. The summed E-state index contributed by atoms with van der Waals surface area (Å²) < 4.78 is 36.1. The summed E-state index contributed by atoms with van der Waals surface area (Å²) in [6, 6.07) is 25.0. The van der Waals surface area contributed by atoms with Crippen LogP contribution in [0.1, 0.15) is 153 Å². The molecular formula is C79H107Cl2N13O6S2. The first-order chi connectivity index (χ1) is 48.8. The van der Waals surface area contributed by atoms with Gasteiger partial charge < -0.3 is 47.8 Å². The van der Waals surface area contributed by atoms with Crippen molar-refractivity contribution in [3.8, 4) is 29.4 Å². The van der Waals surface area contributed by atoms with Gasteiger partial charge in [-0.2, -0.15) is 10.5 Å². The molecule has 8 aromatic rings. The zero-order chi connectivity index (χ0) is 69.5. The number of hydrogen-bond donors (Lipinski definition) is 1. The first-order valence-electron chi connectivity index (χ1n) is 36.8. The lowest BCUT2D eigenvalue weighted by atomic mass is 9.91. The van der Waals surface area contributed by atoms with E-state index < -0.39 is 0 Å². The second kappa shape index (κ2) is 38.2. The Kier molecular flexibility index (Phi) is 29.3. The van der Waals surface area contributed by atoms with Gasteiger partial charge in [0.15, 0.2) is 16.7 Å². The molecule has 550 valence electrons. The van der Waals surface area contributed by atoms with Gasteiger partial charge in [0, 0.05) is 48.9 Å². The van der Waals surface area contributed by atoms with E-state index in [1.165, 1.54) is 107 Å². The molecule has 14 rings (SSSR count). The Balaban J connectivity index is 0.000000166. The molecule has 19 nitrogen and oxygen atoms in total. The van der Waals surface area contributed by atoms with Crippen LogP contribution >= 0.6 is 48.3 Å². The Hall–Kier alpha value is -6.21. The third-order valence-electron chi connectivity index (χ3n) is 20.7. The zero-order valence-corrected chi connectivity index (χ0v) is 64.6. The number of piperidine rings is 3. The number of ether oxygens (including phenoxy) is 3. The van der Waals surface area contributed by atoms with Crippen LogP contribution in [0.2, 0.25) is 0 Å². The smallest absolute Gasteiger partial charge is 0.175 e. The lowest BCUT2D eigenvalue weighted by Crippen LogP contribution is -2.33. The van der Waals surface area contributed by atoms with E-state index in [-0.39, 0.29) is 24.8 Å². The Morgan fingerprint density at radius 2 is 0.775 bits per heavy atom. The first-order valence-corrected chi connectivity index (χ1v) is 39.3. The minimum Gasteiger partial charge on any atom is -0.493 e. The first kappa shape index (κ1) is 78.4. The van der Waals surface area contributed by atoms with E-state index in [0.717, 1.165) is 241 Å². The van der Waals surface area contributed by atoms with Crippen molar-refractivity contribution >= 4 is 81.2 Å². The van der Waals surface area contributed by atoms with Crippen molar-refractivity contribution < 1.29 is 27.8 Å².